The minimum Gasteiger partial charge on any atom is -0.322 e. The summed E-state index contributed by atoms with van der Waals surface area (Å²) < 4.78 is 13.6. The molecule has 0 aliphatic carbocycles. The molecule has 2 nitrogen and oxygen atoms in total. The van der Waals surface area contributed by atoms with E-state index in [9.17, 15) is 9.18 Å². The molecule has 0 saturated heterocycles. The largest absolute Gasteiger partial charge is 0.322 e. The Morgan fingerprint density at radius 1 is 1.20 bits per heavy atom. The van der Waals surface area contributed by atoms with Gasteiger partial charge in [0.1, 0.15) is 5.82 Å². The molecule has 2 rings (SSSR count). The highest BCUT2D eigenvalue weighted by molar-refractivity contribution is 9.10. The van der Waals surface area contributed by atoms with Gasteiger partial charge in [0.25, 0.3) is 0 Å². The lowest BCUT2D eigenvalue weighted by molar-refractivity contribution is -0.111. The summed E-state index contributed by atoms with van der Waals surface area (Å²) >= 11 is 8.82. The Kier molecular flexibility index (Phi) is 4.93. The van der Waals surface area contributed by atoms with E-state index in [4.69, 9.17) is 11.6 Å². The standard InChI is InChI=1S/C15H10BrClFNO/c16-13-7-6-12(9-14(13)18)19-15(20)8-3-10-1-4-11(17)5-2-10/h1-9H,(H,19,20). The van der Waals surface area contributed by atoms with Crippen LogP contribution in [0.2, 0.25) is 5.02 Å². The maximum Gasteiger partial charge on any atom is 0.248 e. The second-order valence-electron chi connectivity index (χ2n) is 4.00. The van der Waals surface area contributed by atoms with Crippen molar-refractivity contribution >= 4 is 45.2 Å². The molecular formula is C15H10BrClFNO. The van der Waals surface area contributed by atoms with Gasteiger partial charge in [-0.25, -0.2) is 4.39 Å². The van der Waals surface area contributed by atoms with Crippen molar-refractivity contribution in [1.82, 2.24) is 0 Å². The van der Waals surface area contributed by atoms with Crippen LogP contribution in [0.4, 0.5) is 10.1 Å². The zero-order valence-electron chi connectivity index (χ0n) is 10.2. The van der Waals surface area contributed by atoms with Crippen molar-refractivity contribution in [2.24, 2.45) is 0 Å². The number of anilines is 1. The van der Waals surface area contributed by atoms with Gasteiger partial charge in [0, 0.05) is 16.8 Å². The third-order valence-corrected chi connectivity index (χ3v) is 3.38. The predicted molar refractivity (Wildman–Crippen MR) is 83.2 cm³/mol. The zero-order chi connectivity index (χ0) is 14.5. The number of carbonyl (C=O) groups is 1. The highest BCUT2D eigenvalue weighted by Gasteiger charge is 2.02. The minimum absolute atomic E-state index is 0.332. The van der Waals surface area contributed by atoms with Crippen molar-refractivity contribution in [3.8, 4) is 0 Å². The molecule has 0 atom stereocenters. The monoisotopic (exact) mass is 353 g/mol. The van der Waals surface area contributed by atoms with Gasteiger partial charge in [-0.2, -0.15) is 0 Å². The van der Waals surface area contributed by atoms with Crippen molar-refractivity contribution in [2.45, 2.75) is 0 Å². The summed E-state index contributed by atoms with van der Waals surface area (Å²) in [5, 5.41) is 3.22. The lowest BCUT2D eigenvalue weighted by Gasteiger charge is -2.03. The van der Waals surface area contributed by atoms with Crippen molar-refractivity contribution < 1.29 is 9.18 Å². The van der Waals surface area contributed by atoms with Gasteiger partial charge < -0.3 is 5.32 Å². The highest BCUT2D eigenvalue weighted by Crippen LogP contribution is 2.19. The molecule has 2 aromatic carbocycles. The van der Waals surface area contributed by atoms with E-state index in [1.807, 2.05) is 0 Å². The smallest absolute Gasteiger partial charge is 0.248 e. The highest BCUT2D eigenvalue weighted by atomic mass is 79.9. The Morgan fingerprint density at radius 3 is 2.55 bits per heavy atom. The lowest BCUT2D eigenvalue weighted by Crippen LogP contribution is -2.07. The third-order valence-electron chi connectivity index (χ3n) is 2.48. The Morgan fingerprint density at radius 2 is 1.90 bits per heavy atom. The van der Waals surface area contributed by atoms with Crippen LogP contribution in [-0.4, -0.2) is 5.91 Å². The zero-order valence-corrected chi connectivity index (χ0v) is 12.6. The molecule has 0 bridgehead atoms. The van der Waals surface area contributed by atoms with Crippen LogP contribution in [0.5, 0.6) is 0 Å². The normalized spacial score (nSPS) is 10.8. The first-order valence-electron chi connectivity index (χ1n) is 5.74. The Labute approximate surface area is 129 Å². The number of nitrogens with one attached hydrogen (secondary N) is 1. The fraction of sp³-hybridized carbons (Fsp3) is 0. The molecule has 0 spiro atoms. The molecule has 0 aromatic heterocycles. The number of hydrogen-bond acceptors (Lipinski definition) is 1. The van der Waals surface area contributed by atoms with E-state index >= 15 is 0 Å². The average Bonchev–Trinajstić information content (AvgIpc) is 2.42. The predicted octanol–water partition coefficient (Wildman–Crippen LogP) is 4.89. The number of rotatable bonds is 3. The van der Waals surface area contributed by atoms with Crippen LogP contribution in [0, 0.1) is 5.82 Å². The summed E-state index contributed by atoms with van der Waals surface area (Å²) in [6, 6.07) is 11.5. The number of hydrogen-bond donors (Lipinski definition) is 1. The van der Waals surface area contributed by atoms with Crippen molar-refractivity contribution in [3.05, 3.63) is 69.4 Å². The topological polar surface area (TPSA) is 29.1 Å². The van der Waals surface area contributed by atoms with E-state index in [0.717, 1.165) is 5.56 Å². The molecule has 0 heterocycles. The Bertz CT molecular complexity index is 655. The molecule has 0 unspecified atom stereocenters. The molecule has 0 radical (unpaired) electrons. The molecule has 1 N–H and O–H groups in total. The number of halogens is 3. The van der Waals surface area contributed by atoms with Gasteiger partial charge in [-0.15, -0.1) is 0 Å². The summed E-state index contributed by atoms with van der Waals surface area (Å²) in [4.78, 5) is 11.7. The minimum atomic E-state index is -0.426. The fourth-order valence-electron chi connectivity index (χ4n) is 1.50. The summed E-state index contributed by atoms with van der Waals surface area (Å²) in [6.45, 7) is 0. The average molecular weight is 355 g/mol. The van der Waals surface area contributed by atoms with Gasteiger partial charge in [-0.05, 0) is 57.9 Å². The molecule has 2 aromatic rings. The van der Waals surface area contributed by atoms with Gasteiger partial charge in [0.05, 0.1) is 4.47 Å². The summed E-state index contributed by atoms with van der Waals surface area (Å²) in [5.41, 5.74) is 1.25. The number of carbonyl (C=O) groups excluding carboxylic acids is 1. The lowest BCUT2D eigenvalue weighted by atomic mass is 10.2. The summed E-state index contributed by atoms with van der Waals surface area (Å²) in [7, 11) is 0. The van der Waals surface area contributed by atoms with E-state index < -0.39 is 5.82 Å². The van der Waals surface area contributed by atoms with Crippen LogP contribution in [0.1, 0.15) is 5.56 Å². The second-order valence-corrected chi connectivity index (χ2v) is 5.29. The van der Waals surface area contributed by atoms with Crippen LogP contribution in [0.15, 0.2) is 53.0 Å². The van der Waals surface area contributed by atoms with E-state index in [0.29, 0.717) is 15.2 Å². The summed E-state index contributed by atoms with van der Waals surface area (Å²) in [6.07, 6.45) is 3.03. The maximum absolute atomic E-state index is 13.3. The molecule has 1 amide bonds. The Hall–Kier alpha value is -1.65. The van der Waals surface area contributed by atoms with E-state index in [1.54, 1.807) is 36.4 Å². The maximum atomic E-state index is 13.3. The van der Waals surface area contributed by atoms with Crippen LogP contribution >= 0.6 is 27.5 Å². The van der Waals surface area contributed by atoms with Crippen LogP contribution in [0.25, 0.3) is 6.08 Å². The van der Waals surface area contributed by atoms with Crippen LogP contribution in [-0.2, 0) is 4.79 Å². The van der Waals surface area contributed by atoms with Crippen molar-refractivity contribution in [2.75, 3.05) is 5.32 Å². The van der Waals surface area contributed by atoms with E-state index in [1.165, 1.54) is 18.2 Å². The molecule has 20 heavy (non-hydrogen) atoms. The molecule has 0 aliphatic heterocycles. The first-order valence-corrected chi connectivity index (χ1v) is 6.91. The molecule has 5 heteroatoms. The van der Waals surface area contributed by atoms with Gasteiger partial charge in [-0.1, -0.05) is 23.7 Å². The molecule has 0 fully saturated rings. The van der Waals surface area contributed by atoms with Gasteiger partial charge in [0.2, 0.25) is 5.91 Å². The van der Waals surface area contributed by atoms with Crippen molar-refractivity contribution in [1.29, 1.82) is 0 Å². The van der Waals surface area contributed by atoms with Crippen LogP contribution < -0.4 is 5.32 Å². The molecule has 0 aliphatic rings. The molecule has 102 valence electrons. The Balaban J connectivity index is 2.01. The first-order chi connectivity index (χ1) is 9.54. The van der Waals surface area contributed by atoms with Crippen molar-refractivity contribution in [3.63, 3.8) is 0 Å². The fourth-order valence-corrected chi connectivity index (χ4v) is 1.88. The summed E-state index contributed by atoms with van der Waals surface area (Å²) in [5.74, 6) is -0.758. The van der Waals surface area contributed by atoms with Gasteiger partial charge in [-0.3, -0.25) is 4.79 Å². The van der Waals surface area contributed by atoms with Crippen LogP contribution in [0.3, 0.4) is 0 Å². The third kappa shape index (κ3) is 4.18. The molecular weight excluding hydrogens is 345 g/mol. The van der Waals surface area contributed by atoms with E-state index in [2.05, 4.69) is 21.2 Å². The van der Waals surface area contributed by atoms with Gasteiger partial charge in [0.15, 0.2) is 0 Å². The number of benzene rings is 2. The van der Waals surface area contributed by atoms with E-state index in [-0.39, 0.29) is 5.91 Å². The number of amides is 1. The molecule has 0 saturated carbocycles. The quantitative estimate of drug-likeness (QED) is 0.781. The SMILES string of the molecule is O=C(C=Cc1ccc(Cl)cc1)Nc1ccc(Br)c(F)c1. The van der Waals surface area contributed by atoms with Gasteiger partial charge >= 0.3 is 0 Å². The first kappa shape index (κ1) is 14.8. The second kappa shape index (κ2) is 6.68.